The summed E-state index contributed by atoms with van der Waals surface area (Å²) < 4.78 is 5.69. The number of nitrogens with one attached hydrogen (secondary N) is 1. The van der Waals surface area contributed by atoms with Crippen LogP contribution >= 0.6 is 23.2 Å². The number of benzene rings is 2. The van der Waals surface area contributed by atoms with Crippen LogP contribution in [-0.4, -0.2) is 44.1 Å². The second-order valence-corrected chi connectivity index (χ2v) is 8.92. The SMILES string of the molecule is CNC(=O)Cc1ccc(Cl)c(Cl)c1[C@@H]1c2cccc(OC)c2CC[C@H]1N1CCCC1. The van der Waals surface area contributed by atoms with Crippen molar-refractivity contribution in [2.24, 2.45) is 0 Å². The van der Waals surface area contributed by atoms with E-state index in [1.165, 1.54) is 24.0 Å². The summed E-state index contributed by atoms with van der Waals surface area (Å²) in [6, 6.07) is 10.3. The largest absolute Gasteiger partial charge is 0.496 e. The number of hydrogen-bond donors (Lipinski definition) is 1. The third kappa shape index (κ3) is 3.93. The molecule has 0 bridgehead atoms. The first-order valence-electron chi connectivity index (χ1n) is 10.6. The normalized spacial score (nSPS) is 21.3. The highest BCUT2D eigenvalue weighted by molar-refractivity contribution is 6.42. The maximum absolute atomic E-state index is 12.3. The third-order valence-electron chi connectivity index (χ3n) is 6.57. The van der Waals surface area contributed by atoms with E-state index in [4.69, 9.17) is 27.9 Å². The van der Waals surface area contributed by atoms with Crippen LogP contribution in [0.3, 0.4) is 0 Å². The molecule has 0 unspecified atom stereocenters. The van der Waals surface area contributed by atoms with Gasteiger partial charge in [-0.1, -0.05) is 41.4 Å². The lowest BCUT2D eigenvalue weighted by molar-refractivity contribution is -0.119. The average Bonchev–Trinajstić information content (AvgIpc) is 3.30. The van der Waals surface area contributed by atoms with E-state index in [0.29, 0.717) is 16.1 Å². The standard InChI is InChI=1S/C24H28Cl2N2O2/c1-27-21(29)14-15-8-10-18(25)24(26)22(15)23-17-6-5-7-20(30-2)16(17)9-11-19(23)28-12-3-4-13-28/h5-8,10,19,23H,3-4,9,11-14H2,1-2H3,(H,27,29)/t19-,23-/m1/s1. The topological polar surface area (TPSA) is 41.6 Å². The van der Waals surface area contributed by atoms with Gasteiger partial charge in [0.1, 0.15) is 5.75 Å². The van der Waals surface area contributed by atoms with Gasteiger partial charge in [-0.2, -0.15) is 0 Å². The van der Waals surface area contributed by atoms with Crippen LogP contribution in [0.1, 0.15) is 47.4 Å². The smallest absolute Gasteiger partial charge is 0.224 e. The molecule has 1 aliphatic heterocycles. The highest BCUT2D eigenvalue weighted by Gasteiger charge is 2.39. The molecule has 1 saturated heterocycles. The highest BCUT2D eigenvalue weighted by Crippen LogP contribution is 2.47. The number of ether oxygens (including phenoxy) is 1. The second kappa shape index (κ2) is 9.17. The number of fused-ring (bicyclic) bond motifs is 1. The van der Waals surface area contributed by atoms with Gasteiger partial charge in [-0.3, -0.25) is 9.69 Å². The Bertz CT molecular complexity index is 941. The Hall–Kier alpha value is -1.75. The van der Waals surface area contributed by atoms with Crippen LogP contribution in [0.5, 0.6) is 5.75 Å². The molecule has 1 aliphatic carbocycles. The lowest BCUT2D eigenvalue weighted by Crippen LogP contribution is -2.41. The number of likely N-dealkylation sites (tertiary alicyclic amines) is 1. The molecule has 30 heavy (non-hydrogen) atoms. The molecule has 1 amide bonds. The number of carbonyl (C=O) groups is 1. The van der Waals surface area contributed by atoms with Crippen molar-refractivity contribution in [2.45, 2.75) is 44.1 Å². The minimum absolute atomic E-state index is 0.0333. The number of hydrogen-bond acceptors (Lipinski definition) is 3. The first-order valence-corrected chi connectivity index (χ1v) is 11.4. The molecule has 4 rings (SSSR count). The molecule has 0 saturated carbocycles. The van der Waals surface area contributed by atoms with E-state index in [2.05, 4.69) is 16.3 Å². The fourth-order valence-electron chi connectivity index (χ4n) is 5.17. The fourth-order valence-corrected chi connectivity index (χ4v) is 5.64. The van der Waals surface area contributed by atoms with Gasteiger partial charge in [-0.25, -0.2) is 0 Å². The summed E-state index contributed by atoms with van der Waals surface area (Å²) >= 11 is 13.4. The summed E-state index contributed by atoms with van der Waals surface area (Å²) in [4.78, 5) is 14.9. The summed E-state index contributed by atoms with van der Waals surface area (Å²) in [6.45, 7) is 2.20. The van der Waals surface area contributed by atoms with Crippen LogP contribution in [0, 0.1) is 0 Å². The first-order chi connectivity index (χ1) is 14.5. The molecular weight excluding hydrogens is 419 g/mol. The third-order valence-corrected chi connectivity index (χ3v) is 7.39. The Kier molecular flexibility index (Phi) is 6.57. The second-order valence-electron chi connectivity index (χ2n) is 8.14. The van der Waals surface area contributed by atoms with Crippen molar-refractivity contribution in [1.82, 2.24) is 10.2 Å². The first kappa shape index (κ1) is 21.5. The molecule has 2 aromatic carbocycles. The Morgan fingerprint density at radius 3 is 2.67 bits per heavy atom. The predicted octanol–water partition coefficient (Wildman–Crippen LogP) is 4.83. The zero-order valence-electron chi connectivity index (χ0n) is 17.5. The lowest BCUT2D eigenvalue weighted by atomic mass is 9.73. The van der Waals surface area contributed by atoms with Crippen molar-refractivity contribution < 1.29 is 9.53 Å². The van der Waals surface area contributed by atoms with Gasteiger partial charge in [0, 0.05) is 19.0 Å². The summed E-state index contributed by atoms with van der Waals surface area (Å²) in [5, 5.41) is 3.82. The molecule has 2 aliphatic rings. The molecule has 4 nitrogen and oxygen atoms in total. The van der Waals surface area contributed by atoms with Crippen LogP contribution in [0.4, 0.5) is 0 Å². The van der Waals surface area contributed by atoms with E-state index in [-0.39, 0.29) is 18.2 Å². The number of carbonyl (C=O) groups excluding carboxylic acids is 1. The molecule has 1 heterocycles. The molecular formula is C24H28Cl2N2O2. The van der Waals surface area contributed by atoms with Crippen LogP contribution in [0.2, 0.25) is 10.0 Å². The van der Waals surface area contributed by atoms with E-state index in [0.717, 1.165) is 42.8 Å². The number of likely N-dealkylation sites (N-methyl/N-ethyl adjacent to an activating group) is 1. The number of halogens is 2. The molecule has 2 aromatic rings. The van der Waals surface area contributed by atoms with Gasteiger partial charge in [0.05, 0.1) is 23.6 Å². The molecule has 0 spiro atoms. The highest BCUT2D eigenvalue weighted by atomic mass is 35.5. The maximum atomic E-state index is 12.3. The lowest BCUT2D eigenvalue weighted by Gasteiger charge is -2.41. The van der Waals surface area contributed by atoms with Crippen LogP contribution in [-0.2, 0) is 17.6 Å². The van der Waals surface area contributed by atoms with Gasteiger partial charge in [0.15, 0.2) is 0 Å². The van der Waals surface area contributed by atoms with E-state index < -0.39 is 0 Å². The molecule has 6 heteroatoms. The molecule has 2 atom stereocenters. The predicted molar refractivity (Wildman–Crippen MR) is 122 cm³/mol. The van der Waals surface area contributed by atoms with E-state index in [1.807, 2.05) is 18.2 Å². The monoisotopic (exact) mass is 446 g/mol. The Balaban J connectivity index is 1.91. The molecule has 160 valence electrons. The minimum Gasteiger partial charge on any atom is -0.496 e. The quantitative estimate of drug-likeness (QED) is 0.714. The molecule has 0 aromatic heterocycles. The van der Waals surface area contributed by atoms with E-state index >= 15 is 0 Å². The van der Waals surface area contributed by atoms with Crippen molar-refractivity contribution in [2.75, 3.05) is 27.2 Å². The summed E-state index contributed by atoms with van der Waals surface area (Å²) in [6.07, 6.45) is 4.73. The van der Waals surface area contributed by atoms with Crippen molar-refractivity contribution >= 4 is 29.1 Å². The van der Waals surface area contributed by atoms with E-state index in [9.17, 15) is 4.79 Å². The Labute approximate surface area is 188 Å². The molecule has 1 N–H and O–H groups in total. The zero-order valence-corrected chi connectivity index (χ0v) is 19.0. The summed E-state index contributed by atoms with van der Waals surface area (Å²) in [5.41, 5.74) is 4.40. The molecule has 0 radical (unpaired) electrons. The number of amides is 1. The number of rotatable bonds is 5. The summed E-state index contributed by atoms with van der Waals surface area (Å²) in [7, 11) is 3.38. The maximum Gasteiger partial charge on any atom is 0.224 e. The van der Waals surface area contributed by atoms with Crippen molar-refractivity contribution in [3.05, 3.63) is 62.6 Å². The zero-order chi connectivity index (χ0) is 21.3. The van der Waals surface area contributed by atoms with Gasteiger partial charge in [0.25, 0.3) is 0 Å². The Morgan fingerprint density at radius 2 is 1.97 bits per heavy atom. The van der Waals surface area contributed by atoms with E-state index in [1.54, 1.807) is 20.2 Å². The van der Waals surface area contributed by atoms with Crippen LogP contribution in [0.25, 0.3) is 0 Å². The Morgan fingerprint density at radius 1 is 1.20 bits per heavy atom. The minimum atomic E-state index is -0.0333. The van der Waals surface area contributed by atoms with Crippen molar-refractivity contribution in [1.29, 1.82) is 0 Å². The fraction of sp³-hybridized carbons (Fsp3) is 0.458. The van der Waals surface area contributed by atoms with Gasteiger partial charge < -0.3 is 10.1 Å². The summed E-state index contributed by atoms with van der Waals surface area (Å²) in [5.74, 6) is 0.935. The van der Waals surface area contributed by atoms with Crippen molar-refractivity contribution in [3.8, 4) is 5.75 Å². The van der Waals surface area contributed by atoms with Crippen LogP contribution in [0.15, 0.2) is 30.3 Å². The van der Waals surface area contributed by atoms with Gasteiger partial charge in [-0.05, 0) is 73.2 Å². The van der Waals surface area contributed by atoms with Gasteiger partial charge in [-0.15, -0.1) is 0 Å². The van der Waals surface area contributed by atoms with Crippen molar-refractivity contribution in [3.63, 3.8) is 0 Å². The molecule has 1 fully saturated rings. The van der Waals surface area contributed by atoms with Gasteiger partial charge >= 0.3 is 0 Å². The average molecular weight is 447 g/mol. The van der Waals surface area contributed by atoms with Crippen LogP contribution < -0.4 is 10.1 Å². The van der Waals surface area contributed by atoms with Gasteiger partial charge in [0.2, 0.25) is 5.91 Å². The number of methoxy groups -OCH3 is 1. The number of nitrogens with zero attached hydrogens (tertiary/aromatic N) is 1.